The molecule has 33 heavy (non-hydrogen) atoms. The van der Waals surface area contributed by atoms with Gasteiger partial charge in [0.1, 0.15) is 11.4 Å². The number of imidazole rings is 1. The Labute approximate surface area is 188 Å². The summed E-state index contributed by atoms with van der Waals surface area (Å²) >= 11 is 0. The lowest BCUT2D eigenvalue weighted by molar-refractivity contribution is 0.256. The van der Waals surface area contributed by atoms with Gasteiger partial charge in [-0.3, -0.25) is 9.72 Å². The van der Waals surface area contributed by atoms with E-state index in [1.165, 1.54) is 52.6 Å². The molecule has 0 aliphatic heterocycles. The first-order valence-electron chi connectivity index (χ1n) is 9.14. The number of rotatable bonds is 8. The van der Waals surface area contributed by atoms with Crippen molar-refractivity contribution in [3.63, 3.8) is 0 Å². The summed E-state index contributed by atoms with van der Waals surface area (Å²) in [5.41, 5.74) is 0.0180. The van der Waals surface area contributed by atoms with Gasteiger partial charge in [0.2, 0.25) is 17.7 Å². The Morgan fingerprint density at radius 2 is 1.64 bits per heavy atom. The predicted octanol–water partition coefficient (Wildman–Crippen LogP) is 0.454. The Hall–Kier alpha value is -3.66. The normalized spacial score (nSPS) is 11.8. The molecule has 0 spiro atoms. The molecule has 0 unspecified atom stereocenters. The second-order valence-corrected chi connectivity index (χ2v) is 10.0. The first-order chi connectivity index (χ1) is 15.5. The van der Waals surface area contributed by atoms with Crippen molar-refractivity contribution in [3.8, 4) is 17.5 Å². The second kappa shape index (κ2) is 9.07. The maximum atomic E-state index is 13.1. The van der Waals surface area contributed by atoms with Gasteiger partial charge in [-0.15, -0.1) is 0 Å². The molecule has 2 amide bonds. The fourth-order valence-electron chi connectivity index (χ4n) is 2.65. The highest BCUT2D eigenvalue weighted by Crippen LogP contribution is 2.26. The third-order valence-corrected chi connectivity index (χ3v) is 7.35. The number of urea groups is 1. The van der Waals surface area contributed by atoms with Crippen molar-refractivity contribution in [3.05, 3.63) is 24.4 Å². The van der Waals surface area contributed by atoms with Gasteiger partial charge in [0.05, 0.1) is 39.3 Å². The Morgan fingerprint density at radius 3 is 2.18 bits per heavy atom. The minimum Gasteiger partial charge on any atom is -0.495 e. The molecule has 0 aromatic carbocycles. The molecule has 178 valence electrons. The minimum absolute atomic E-state index is 0.0180. The lowest BCUT2D eigenvalue weighted by atomic mass is 10.4. The average molecular weight is 501 g/mol. The van der Waals surface area contributed by atoms with E-state index in [1.54, 1.807) is 4.72 Å². The number of methoxy groups -OCH3 is 3. The van der Waals surface area contributed by atoms with Gasteiger partial charge in [0.25, 0.3) is 10.0 Å². The molecule has 3 aromatic heterocycles. The number of fused-ring (bicyclic) bond motifs is 1. The van der Waals surface area contributed by atoms with Crippen molar-refractivity contribution in [1.29, 1.82) is 0 Å². The van der Waals surface area contributed by atoms with Gasteiger partial charge < -0.3 is 14.2 Å². The van der Waals surface area contributed by atoms with E-state index in [0.717, 1.165) is 4.40 Å². The van der Waals surface area contributed by atoms with Crippen LogP contribution >= 0.6 is 0 Å². The summed E-state index contributed by atoms with van der Waals surface area (Å²) in [5.74, 6) is -0.408. The van der Waals surface area contributed by atoms with Crippen LogP contribution in [0.3, 0.4) is 0 Å². The molecule has 0 saturated carbocycles. The smallest absolute Gasteiger partial charge is 0.335 e. The van der Waals surface area contributed by atoms with Gasteiger partial charge in [0.15, 0.2) is 19.9 Å². The molecule has 0 radical (unpaired) electrons. The lowest BCUT2D eigenvalue weighted by Crippen LogP contribution is -2.36. The van der Waals surface area contributed by atoms with Crippen LogP contribution in [0.5, 0.6) is 17.5 Å². The van der Waals surface area contributed by atoms with E-state index >= 15 is 0 Å². The van der Waals surface area contributed by atoms with E-state index in [9.17, 15) is 21.6 Å². The number of carbonyl (C=O) groups is 1. The highest BCUT2D eigenvalue weighted by atomic mass is 32.2. The molecule has 0 aliphatic carbocycles. The predicted molar refractivity (Wildman–Crippen MR) is 114 cm³/mol. The van der Waals surface area contributed by atoms with Crippen LogP contribution < -0.4 is 24.2 Å². The number of ether oxygens (including phenoxy) is 3. The number of amides is 2. The zero-order valence-corrected chi connectivity index (χ0v) is 19.5. The van der Waals surface area contributed by atoms with E-state index < -0.39 is 41.7 Å². The SMILES string of the molecule is CCS(=O)(=O)c1nc2ccc(OC)cn2c1S(=O)(=O)NC(=O)Nc1nc(OC)cc(OC)n1. The molecule has 0 saturated heterocycles. The van der Waals surface area contributed by atoms with Crippen molar-refractivity contribution in [2.24, 2.45) is 0 Å². The Kier molecular flexibility index (Phi) is 6.59. The van der Waals surface area contributed by atoms with Crippen molar-refractivity contribution >= 4 is 37.5 Å². The summed E-state index contributed by atoms with van der Waals surface area (Å²) < 4.78 is 69.1. The highest BCUT2D eigenvalue weighted by molar-refractivity contribution is 7.93. The molecular weight excluding hydrogens is 480 g/mol. The van der Waals surface area contributed by atoms with Gasteiger partial charge in [-0.25, -0.2) is 22.9 Å². The standard InChI is InChI=1S/C17H20N6O8S2/c1-5-32(25,26)14-15(23-9-10(29-2)6-7-11(23)18-14)33(27,28)22-17(24)21-16-19-12(30-3)8-13(20-16)31-4/h6-9H,5H2,1-4H3,(H2,19,20,21,22,24). The Morgan fingerprint density at radius 1 is 1.00 bits per heavy atom. The molecular formula is C17H20N6O8S2. The number of nitrogens with one attached hydrogen (secondary N) is 2. The number of sulfone groups is 1. The van der Waals surface area contributed by atoms with E-state index in [-0.39, 0.29) is 29.1 Å². The van der Waals surface area contributed by atoms with E-state index in [4.69, 9.17) is 14.2 Å². The van der Waals surface area contributed by atoms with Crippen LogP contribution in [0.1, 0.15) is 6.92 Å². The number of hydrogen-bond acceptors (Lipinski definition) is 11. The second-order valence-electron chi connectivity index (χ2n) is 6.26. The van der Waals surface area contributed by atoms with Crippen LogP contribution in [0.15, 0.2) is 34.4 Å². The number of hydrogen-bond donors (Lipinski definition) is 2. The Balaban J connectivity index is 2.04. The van der Waals surface area contributed by atoms with Gasteiger partial charge in [0, 0.05) is 0 Å². The number of nitrogens with zero attached hydrogens (tertiary/aromatic N) is 4. The maximum Gasteiger partial charge on any atom is 0.335 e. The molecule has 3 rings (SSSR count). The van der Waals surface area contributed by atoms with Crippen LogP contribution in [-0.4, -0.2) is 69.3 Å². The van der Waals surface area contributed by atoms with E-state index in [0.29, 0.717) is 0 Å². The number of carbonyl (C=O) groups excluding carboxylic acids is 1. The number of anilines is 1. The first kappa shape index (κ1) is 24.0. The van der Waals surface area contributed by atoms with E-state index in [2.05, 4.69) is 20.3 Å². The maximum absolute atomic E-state index is 13.1. The monoisotopic (exact) mass is 500 g/mol. The van der Waals surface area contributed by atoms with Crippen molar-refractivity contribution in [2.75, 3.05) is 32.4 Å². The van der Waals surface area contributed by atoms with Crippen molar-refractivity contribution in [2.45, 2.75) is 17.0 Å². The molecule has 2 N–H and O–H groups in total. The number of aromatic nitrogens is 4. The van der Waals surface area contributed by atoms with Gasteiger partial charge in [-0.1, -0.05) is 6.92 Å². The number of sulfonamides is 1. The molecule has 0 aliphatic rings. The average Bonchev–Trinajstić information content (AvgIpc) is 3.18. The molecule has 0 bridgehead atoms. The van der Waals surface area contributed by atoms with E-state index in [1.807, 2.05) is 0 Å². The van der Waals surface area contributed by atoms with Gasteiger partial charge in [-0.05, 0) is 12.1 Å². The third-order valence-electron chi connectivity index (χ3n) is 4.23. The summed E-state index contributed by atoms with van der Waals surface area (Å²) in [7, 11) is -4.85. The van der Waals surface area contributed by atoms with Crippen LogP contribution in [-0.2, 0) is 19.9 Å². The topological polar surface area (TPSA) is 180 Å². The summed E-state index contributed by atoms with van der Waals surface area (Å²) in [5, 5.41) is 0.674. The summed E-state index contributed by atoms with van der Waals surface area (Å²) in [4.78, 5) is 24.1. The molecule has 14 nitrogen and oxygen atoms in total. The molecule has 3 heterocycles. The van der Waals surface area contributed by atoms with Crippen molar-refractivity contribution < 1.29 is 35.8 Å². The molecule has 0 fully saturated rings. The fourth-order valence-corrected chi connectivity index (χ4v) is 5.31. The lowest BCUT2D eigenvalue weighted by Gasteiger charge is -2.11. The summed E-state index contributed by atoms with van der Waals surface area (Å²) in [6.45, 7) is 1.34. The van der Waals surface area contributed by atoms with Crippen LogP contribution in [0.2, 0.25) is 0 Å². The van der Waals surface area contributed by atoms with Crippen molar-refractivity contribution in [1.82, 2.24) is 24.1 Å². The minimum atomic E-state index is -4.76. The summed E-state index contributed by atoms with van der Waals surface area (Å²) in [6.07, 6.45) is 1.24. The first-order valence-corrected chi connectivity index (χ1v) is 12.3. The highest BCUT2D eigenvalue weighted by Gasteiger charge is 2.33. The largest absolute Gasteiger partial charge is 0.495 e. The van der Waals surface area contributed by atoms with Crippen LogP contribution in [0.25, 0.3) is 5.65 Å². The fraction of sp³-hybridized carbons (Fsp3) is 0.294. The van der Waals surface area contributed by atoms with Crippen LogP contribution in [0, 0.1) is 0 Å². The van der Waals surface area contributed by atoms with Crippen LogP contribution in [0.4, 0.5) is 10.7 Å². The van der Waals surface area contributed by atoms with Gasteiger partial charge >= 0.3 is 6.03 Å². The zero-order chi connectivity index (χ0) is 24.4. The molecule has 3 aromatic rings. The summed E-state index contributed by atoms with van der Waals surface area (Å²) in [6, 6.07) is 2.94. The zero-order valence-electron chi connectivity index (χ0n) is 17.9. The molecule has 0 atom stereocenters. The number of pyridine rings is 1. The Bertz CT molecular complexity index is 1400. The third kappa shape index (κ3) is 4.90. The quantitative estimate of drug-likeness (QED) is 0.438. The molecule has 16 heteroatoms. The van der Waals surface area contributed by atoms with Gasteiger partial charge in [-0.2, -0.15) is 18.4 Å².